The van der Waals surface area contributed by atoms with Crippen LogP contribution in [0.4, 0.5) is 18.9 Å². The second-order valence-electron chi connectivity index (χ2n) is 6.10. The SMILES string of the molecule is O=S(=O)(Nc1cccc(OCC2CCCO2)c1)c1cccc(OC(F)(F)F)c1. The molecule has 1 saturated heterocycles. The Morgan fingerprint density at radius 3 is 2.57 bits per heavy atom. The predicted molar refractivity (Wildman–Crippen MR) is 94.8 cm³/mol. The topological polar surface area (TPSA) is 73.9 Å². The van der Waals surface area contributed by atoms with Gasteiger partial charge >= 0.3 is 6.36 Å². The van der Waals surface area contributed by atoms with Crippen molar-refractivity contribution in [3.8, 4) is 11.5 Å². The van der Waals surface area contributed by atoms with Gasteiger partial charge in [-0.1, -0.05) is 12.1 Å². The first-order valence-electron chi connectivity index (χ1n) is 8.44. The molecule has 0 spiro atoms. The lowest BCUT2D eigenvalue weighted by atomic mass is 10.2. The predicted octanol–water partition coefficient (Wildman–Crippen LogP) is 3.94. The van der Waals surface area contributed by atoms with Crippen LogP contribution in [0.2, 0.25) is 0 Å². The number of benzene rings is 2. The van der Waals surface area contributed by atoms with Crippen molar-refractivity contribution in [3.05, 3.63) is 48.5 Å². The van der Waals surface area contributed by atoms with Gasteiger partial charge in [-0.05, 0) is 37.1 Å². The maximum absolute atomic E-state index is 12.5. The van der Waals surface area contributed by atoms with Crippen LogP contribution in [0.5, 0.6) is 11.5 Å². The highest BCUT2D eigenvalue weighted by atomic mass is 32.2. The van der Waals surface area contributed by atoms with Gasteiger partial charge in [-0.15, -0.1) is 13.2 Å². The van der Waals surface area contributed by atoms with Gasteiger partial charge in [0, 0.05) is 18.7 Å². The Hall–Kier alpha value is -2.46. The largest absolute Gasteiger partial charge is 0.573 e. The Kier molecular flexibility index (Phi) is 5.99. The van der Waals surface area contributed by atoms with Crippen molar-refractivity contribution in [2.45, 2.75) is 30.2 Å². The van der Waals surface area contributed by atoms with Gasteiger partial charge in [-0.2, -0.15) is 0 Å². The van der Waals surface area contributed by atoms with Crippen LogP contribution in [0, 0.1) is 0 Å². The second kappa shape index (κ2) is 8.27. The third-order valence-corrected chi connectivity index (χ3v) is 5.27. The molecular formula is C18H18F3NO5S. The van der Waals surface area contributed by atoms with Crippen LogP contribution in [0.25, 0.3) is 0 Å². The molecule has 1 aliphatic rings. The number of hydrogen-bond acceptors (Lipinski definition) is 5. The van der Waals surface area contributed by atoms with E-state index in [1.807, 2.05) is 0 Å². The number of ether oxygens (including phenoxy) is 3. The van der Waals surface area contributed by atoms with Gasteiger partial charge in [-0.25, -0.2) is 8.42 Å². The first-order valence-corrected chi connectivity index (χ1v) is 9.93. The van der Waals surface area contributed by atoms with E-state index < -0.39 is 22.1 Å². The summed E-state index contributed by atoms with van der Waals surface area (Å²) in [7, 11) is -4.12. The molecule has 1 unspecified atom stereocenters. The van der Waals surface area contributed by atoms with Crippen molar-refractivity contribution < 1.29 is 35.8 Å². The van der Waals surface area contributed by atoms with Gasteiger partial charge in [0.15, 0.2) is 0 Å². The molecule has 1 heterocycles. The van der Waals surface area contributed by atoms with Crippen LogP contribution < -0.4 is 14.2 Å². The summed E-state index contributed by atoms with van der Waals surface area (Å²) in [4.78, 5) is -0.361. The molecule has 1 N–H and O–H groups in total. The van der Waals surface area contributed by atoms with Gasteiger partial charge in [0.1, 0.15) is 18.1 Å². The summed E-state index contributed by atoms with van der Waals surface area (Å²) in [5.41, 5.74) is 0.215. The van der Waals surface area contributed by atoms with E-state index in [9.17, 15) is 21.6 Å². The molecule has 0 bridgehead atoms. The summed E-state index contributed by atoms with van der Waals surface area (Å²) in [6, 6.07) is 10.4. The molecule has 2 aromatic rings. The summed E-state index contributed by atoms with van der Waals surface area (Å²) in [6.07, 6.45) is -3.02. The zero-order chi connectivity index (χ0) is 20.2. The third-order valence-electron chi connectivity index (χ3n) is 3.90. The van der Waals surface area contributed by atoms with Gasteiger partial charge in [0.2, 0.25) is 0 Å². The highest BCUT2D eigenvalue weighted by Gasteiger charge is 2.31. The third kappa shape index (κ3) is 5.77. The second-order valence-corrected chi connectivity index (χ2v) is 7.78. The van der Waals surface area contributed by atoms with E-state index in [0.717, 1.165) is 31.0 Å². The molecule has 2 aromatic carbocycles. The minimum Gasteiger partial charge on any atom is -0.491 e. The number of anilines is 1. The number of halogens is 3. The van der Waals surface area contributed by atoms with Crippen LogP contribution >= 0.6 is 0 Å². The first kappa shape index (κ1) is 20.3. The van der Waals surface area contributed by atoms with Crippen molar-refractivity contribution in [3.63, 3.8) is 0 Å². The maximum atomic E-state index is 12.5. The van der Waals surface area contributed by atoms with Crippen LogP contribution in [0.15, 0.2) is 53.4 Å². The Balaban J connectivity index is 1.70. The summed E-state index contributed by atoms with van der Waals surface area (Å²) in [5, 5.41) is 0. The van der Waals surface area contributed by atoms with Gasteiger partial charge in [0.25, 0.3) is 10.0 Å². The van der Waals surface area contributed by atoms with Crippen molar-refractivity contribution in [2.75, 3.05) is 17.9 Å². The Labute approximate surface area is 160 Å². The molecule has 1 fully saturated rings. The zero-order valence-electron chi connectivity index (χ0n) is 14.6. The monoisotopic (exact) mass is 417 g/mol. The maximum Gasteiger partial charge on any atom is 0.573 e. The van der Waals surface area contributed by atoms with Crippen molar-refractivity contribution in [1.29, 1.82) is 0 Å². The summed E-state index contributed by atoms with van der Waals surface area (Å²) < 4.78 is 79.1. The van der Waals surface area contributed by atoms with E-state index in [1.165, 1.54) is 18.2 Å². The lowest BCUT2D eigenvalue weighted by Gasteiger charge is -2.14. The van der Waals surface area contributed by atoms with E-state index in [4.69, 9.17) is 9.47 Å². The van der Waals surface area contributed by atoms with E-state index in [-0.39, 0.29) is 16.7 Å². The van der Waals surface area contributed by atoms with E-state index in [0.29, 0.717) is 19.0 Å². The van der Waals surface area contributed by atoms with Crippen LogP contribution in [0.3, 0.4) is 0 Å². The molecular weight excluding hydrogens is 399 g/mol. The van der Waals surface area contributed by atoms with Gasteiger partial charge in [0.05, 0.1) is 16.7 Å². The molecule has 152 valence electrons. The normalized spacial score (nSPS) is 17.3. The molecule has 1 aliphatic heterocycles. The van der Waals surface area contributed by atoms with Crippen LogP contribution in [-0.2, 0) is 14.8 Å². The molecule has 0 amide bonds. The fraction of sp³-hybridized carbons (Fsp3) is 0.333. The summed E-state index contributed by atoms with van der Waals surface area (Å²) >= 11 is 0. The number of alkyl halides is 3. The number of sulfonamides is 1. The highest BCUT2D eigenvalue weighted by molar-refractivity contribution is 7.92. The standard InChI is InChI=1S/C18H18F3NO5S/c19-18(20,21)27-15-6-2-8-17(11-15)28(23,24)22-13-4-1-5-14(10-13)26-12-16-7-3-9-25-16/h1-2,4-6,8,10-11,16,22H,3,7,9,12H2. The summed E-state index contributed by atoms with van der Waals surface area (Å²) in [6.45, 7) is 1.05. The minimum absolute atomic E-state index is 0.0109. The molecule has 0 aromatic heterocycles. The molecule has 0 saturated carbocycles. The number of hydrogen-bond donors (Lipinski definition) is 1. The fourth-order valence-corrected chi connectivity index (χ4v) is 3.75. The highest BCUT2D eigenvalue weighted by Crippen LogP contribution is 2.27. The van der Waals surface area contributed by atoms with E-state index >= 15 is 0 Å². The lowest BCUT2D eigenvalue weighted by molar-refractivity contribution is -0.274. The smallest absolute Gasteiger partial charge is 0.491 e. The average molecular weight is 417 g/mol. The molecule has 6 nitrogen and oxygen atoms in total. The summed E-state index contributed by atoms with van der Waals surface area (Å²) in [5.74, 6) is -0.172. The molecule has 1 atom stereocenters. The van der Waals surface area contributed by atoms with Crippen molar-refractivity contribution >= 4 is 15.7 Å². The van der Waals surface area contributed by atoms with Crippen LogP contribution in [0.1, 0.15) is 12.8 Å². The fourth-order valence-electron chi connectivity index (χ4n) is 2.67. The van der Waals surface area contributed by atoms with Crippen molar-refractivity contribution in [1.82, 2.24) is 0 Å². The van der Waals surface area contributed by atoms with Gasteiger partial charge < -0.3 is 14.2 Å². The zero-order valence-corrected chi connectivity index (χ0v) is 15.4. The van der Waals surface area contributed by atoms with Gasteiger partial charge in [-0.3, -0.25) is 4.72 Å². The Morgan fingerprint density at radius 2 is 1.86 bits per heavy atom. The lowest BCUT2D eigenvalue weighted by Crippen LogP contribution is -2.18. The molecule has 3 rings (SSSR count). The van der Waals surface area contributed by atoms with Crippen LogP contribution in [-0.4, -0.2) is 34.1 Å². The molecule has 28 heavy (non-hydrogen) atoms. The van der Waals surface area contributed by atoms with E-state index in [1.54, 1.807) is 12.1 Å². The first-order chi connectivity index (χ1) is 13.2. The number of nitrogens with one attached hydrogen (secondary N) is 1. The molecule has 10 heteroatoms. The molecule has 0 radical (unpaired) electrons. The number of rotatable bonds is 7. The quantitative estimate of drug-likeness (QED) is 0.739. The molecule has 0 aliphatic carbocycles. The minimum atomic E-state index is -4.91. The van der Waals surface area contributed by atoms with Crippen molar-refractivity contribution in [2.24, 2.45) is 0 Å². The Morgan fingerprint density at radius 1 is 1.11 bits per heavy atom. The average Bonchev–Trinajstić information content (AvgIpc) is 3.12. The Bertz CT molecular complexity index is 911. The van der Waals surface area contributed by atoms with E-state index in [2.05, 4.69) is 9.46 Å².